The third kappa shape index (κ3) is 5.99. The number of carbonyl (C=O) groups excluding carboxylic acids is 2. The van der Waals surface area contributed by atoms with Gasteiger partial charge in [-0.1, -0.05) is 29.3 Å². The normalized spacial score (nSPS) is 10.8. The van der Waals surface area contributed by atoms with E-state index in [-0.39, 0.29) is 17.2 Å². The predicted octanol–water partition coefficient (Wildman–Crippen LogP) is 4.85. The Morgan fingerprint density at radius 2 is 1.96 bits per heavy atom. The van der Waals surface area contributed by atoms with E-state index in [1.54, 1.807) is 30.3 Å². The van der Waals surface area contributed by atoms with Gasteiger partial charge in [0.2, 0.25) is 0 Å². The lowest BCUT2D eigenvalue weighted by Gasteiger charge is -2.08. The van der Waals surface area contributed by atoms with Crippen LogP contribution < -0.4 is 10.1 Å². The molecule has 9 heteroatoms. The Labute approximate surface area is 179 Å². The van der Waals surface area contributed by atoms with Crippen molar-refractivity contribution in [3.8, 4) is 11.8 Å². The number of rotatable bonds is 6. The monoisotopic (exact) mass is 482 g/mol. The molecule has 0 saturated carbocycles. The van der Waals surface area contributed by atoms with E-state index in [0.717, 1.165) is 0 Å². The van der Waals surface area contributed by atoms with Crippen LogP contribution in [0, 0.1) is 11.3 Å². The molecule has 0 fully saturated rings. The number of anilines is 1. The third-order valence-corrected chi connectivity index (χ3v) is 4.74. The average molecular weight is 484 g/mol. The van der Waals surface area contributed by atoms with Crippen LogP contribution in [0.15, 0.2) is 46.4 Å². The zero-order valence-corrected chi connectivity index (χ0v) is 17.6. The molecule has 0 aliphatic heterocycles. The molecule has 0 spiro atoms. The first-order chi connectivity index (χ1) is 13.3. The van der Waals surface area contributed by atoms with Crippen LogP contribution in [-0.4, -0.2) is 25.6 Å². The van der Waals surface area contributed by atoms with Crippen molar-refractivity contribution in [2.45, 2.75) is 0 Å². The van der Waals surface area contributed by atoms with Crippen LogP contribution in [0.4, 0.5) is 5.69 Å². The smallest absolute Gasteiger partial charge is 0.343 e. The standard InChI is InChI=1S/C19H13BrCl2N2O4/c1-27-18(25)10-28-17-5-2-11(7-14(17)20)6-12(9-23)19(26)24-13-3-4-15(21)16(22)8-13/h2-8H,10H2,1H3,(H,24,26)/b12-6+. The minimum Gasteiger partial charge on any atom is -0.481 e. The molecule has 0 atom stereocenters. The predicted molar refractivity (Wildman–Crippen MR) is 110 cm³/mol. The fourth-order valence-corrected chi connectivity index (χ4v) is 2.82. The Morgan fingerprint density at radius 3 is 2.57 bits per heavy atom. The second kappa shape index (κ2) is 10.1. The van der Waals surface area contributed by atoms with Crippen molar-refractivity contribution < 1.29 is 19.1 Å². The topological polar surface area (TPSA) is 88.4 Å². The molecule has 0 aliphatic rings. The first kappa shape index (κ1) is 21.8. The number of hydrogen-bond donors (Lipinski definition) is 1. The molecule has 2 aromatic carbocycles. The van der Waals surface area contributed by atoms with Crippen molar-refractivity contribution in [1.82, 2.24) is 0 Å². The van der Waals surface area contributed by atoms with Gasteiger partial charge in [0.1, 0.15) is 17.4 Å². The summed E-state index contributed by atoms with van der Waals surface area (Å²) < 4.78 is 10.4. The second-order valence-corrected chi connectivity index (χ2v) is 6.98. The summed E-state index contributed by atoms with van der Waals surface area (Å²) in [6.07, 6.45) is 1.42. The van der Waals surface area contributed by atoms with Crippen LogP contribution in [0.5, 0.6) is 5.75 Å². The van der Waals surface area contributed by atoms with Crippen molar-refractivity contribution in [3.63, 3.8) is 0 Å². The quantitative estimate of drug-likeness (QED) is 0.360. The van der Waals surface area contributed by atoms with Crippen molar-refractivity contribution in [2.24, 2.45) is 0 Å². The first-order valence-corrected chi connectivity index (χ1v) is 9.26. The Morgan fingerprint density at radius 1 is 1.21 bits per heavy atom. The number of carbonyl (C=O) groups is 2. The number of amides is 1. The molecule has 0 heterocycles. The highest BCUT2D eigenvalue weighted by atomic mass is 79.9. The number of nitrogens with one attached hydrogen (secondary N) is 1. The summed E-state index contributed by atoms with van der Waals surface area (Å²) >= 11 is 15.1. The number of benzene rings is 2. The number of methoxy groups -OCH3 is 1. The van der Waals surface area contributed by atoms with E-state index in [0.29, 0.717) is 26.5 Å². The molecule has 0 saturated heterocycles. The summed E-state index contributed by atoms with van der Waals surface area (Å²) in [6, 6.07) is 11.4. The van der Waals surface area contributed by atoms with Crippen molar-refractivity contribution in [1.29, 1.82) is 5.26 Å². The van der Waals surface area contributed by atoms with Gasteiger partial charge in [-0.3, -0.25) is 4.79 Å². The first-order valence-electron chi connectivity index (χ1n) is 7.71. The molecule has 2 rings (SSSR count). The highest BCUT2D eigenvalue weighted by Crippen LogP contribution is 2.28. The van der Waals surface area contributed by atoms with Crippen LogP contribution in [-0.2, 0) is 14.3 Å². The Hall–Kier alpha value is -2.53. The molecule has 0 radical (unpaired) electrons. The molecule has 0 unspecified atom stereocenters. The minimum absolute atomic E-state index is 0.110. The van der Waals surface area contributed by atoms with E-state index in [1.807, 2.05) is 6.07 Å². The second-order valence-electron chi connectivity index (χ2n) is 5.31. The molecule has 0 bridgehead atoms. The number of halogens is 3. The molecular weight excluding hydrogens is 471 g/mol. The largest absolute Gasteiger partial charge is 0.481 e. The Balaban J connectivity index is 2.15. The van der Waals surface area contributed by atoms with Gasteiger partial charge in [0, 0.05) is 5.69 Å². The molecule has 6 nitrogen and oxygen atoms in total. The zero-order valence-electron chi connectivity index (χ0n) is 14.5. The van der Waals surface area contributed by atoms with E-state index in [1.165, 1.54) is 19.3 Å². The van der Waals surface area contributed by atoms with Crippen molar-refractivity contribution in [3.05, 3.63) is 62.1 Å². The van der Waals surface area contributed by atoms with Gasteiger partial charge < -0.3 is 14.8 Å². The number of nitrogens with zero attached hydrogens (tertiary/aromatic N) is 1. The van der Waals surface area contributed by atoms with Gasteiger partial charge in [-0.15, -0.1) is 0 Å². The lowest BCUT2D eigenvalue weighted by molar-refractivity contribution is -0.142. The fraction of sp³-hybridized carbons (Fsp3) is 0.105. The molecule has 2 aromatic rings. The van der Waals surface area contributed by atoms with Crippen LogP contribution in [0.2, 0.25) is 10.0 Å². The zero-order chi connectivity index (χ0) is 20.7. The van der Waals surface area contributed by atoms with Gasteiger partial charge in [0.25, 0.3) is 5.91 Å². The molecule has 1 N–H and O–H groups in total. The molecule has 0 aliphatic carbocycles. The van der Waals surface area contributed by atoms with E-state index < -0.39 is 11.9 Å². The number of nitriles is 1. The average Bonchev–Trinajstić information content (AvgIpc) is 2.67. The maximum Gasteiger partial charge on any atom is 0.343 e. The highest BCUT2D eigenvalue weighted by Gasteiger charge is 2.12. The summed E-state index contributed by atoms with van der Waals surface area (Å²) in [4.78, 5) is 23.5. The van der Waals surface area contributed by atoms with Gasteiger partial charge >= 0.3 is 5.97 Å². The maximum atomic E-state index is 12.3. The summed E-state index contributed by atoms with van der Waals surface area (Å²) in [5.74, 6) is -0.689. The minimum atomic E-state index is -0.594. The van der Waals surface area contributed by atoms with E-state index in [2.05, 4.69) is 26.0 Å². The van der Waals surface area contributed by atoms with E-state index in [4.69, 9.17) is 27.9 Å². The summed E-state index contributed by atoms with van der Waals surface area (Å²) in [7, 11) is 1.26. The van der Waals surface area contributed by atoms with Gasteiger partial charge in [-0.05, 0) is 57.9 Å². The van der Waals surface area contributed by atoms with Gasteiger partial charge in [-0.25, -0.2) is 4.79 Å². The summed E-state index contributed by atoms with van der Waals surface area (Å²) in [5, 5.41) is 12.5. The van der Waals surface area contributed by atoms with Crippen LogP contribution in [0.1, 0.15) is 5.56 Å². The SMILES string of the molecule is COC(=O)COc1ccc(/C=C(\C#N)C(=O)Nc2ccc(Cl)c(Cl)c2)cc1Br. The number of esters is 1. The lowest BCUT2D eigenvalue weighted by atomic mass is 10.1. The summed E-state index contributed by atoms with van der Waals surface area (Å²) in [5.41, 5.74) is 0.882. The van der Waals surface area contributed by atoms with Crippen LogP contribution >= 0.6 is 39.1 Å². The molecular formula is C19H13BrCl2N2O4. The van der Waals surface area contributed by atoms with Crippen LogP contribution in [0.3, 0.4) is 0 Å². The van der Waals surface area contributed by atoms with Gasteiger partial charge in [0.05, 0.1) is 21.6 Å². The van der Waals surface area contributed by atoms with E-state index in [9.17, 15) is 14.9 Å². The molecule has 0 aromatic heterocycles. The third-order valence-electron chi connectivity index (χ3n) is 3.38. The Kier molecular flexibility index (Phi) is 7.88. The Bertz CT molecular complexity index is 986. The molecule has 144 valence electrons. The molecule has 28 heavy (non-hydrogen) atoms. The molecule has 1 amide bonds. The number of hydrogen-bond acceptors (Lipinski definition) is 5. The van der Waals surface area contributed by atoms with Crippen molar-refractivity contribution >= 4 is 62.8 Å². The maximum absolute atomic E-state index is 12.3. The fourth-order valence-electron chi connectivity index (χ4n) is 2.01. The summed E-state index contributed by atoms with van der Waals surface area (Å²) in [6.45, 7) is -0.236. The van der Waals surface area contributed by atoms with Crippen molar-refractivity contribution in [2.75, 3.05) is 19.0 Å². The lowest BCUT2D eigenvalue weighted by Crippen LogP contribution is -2.13. The highest BCUT2D eigenvalue weighted by molar-refractivity contribution is 9.10. The van der Waals surface area contributed by atoms with Crippen LogP contribution in [0.25, 0.3) is 6.08 Å². The van der Waals surface area contributed by atoms with Gasteiger partial charge in [-0.2, -0.15) is 5.26 Å². The van der Waals surface area contributed by atoms with E-state index >= 15 is 0 Å². The van der Waals surface area contributed by atoms with Gasteiger partial charge in [0.15, 0.2) is 6.61 Å². The number of ether oxygens (including phenoxy) is 2.